The van der Waals surface area contributed by atoms with Crippen LogP contribution in [0.4, 0.5) is 5.69 Å². The average molecular weight is 606 g/mol. The number of thioether (sulfide) groups is 1. The van der Waals surface area contributed by atoms with Gasteiger partial charge in [0.1, 0.15) is 11.5 Å². The normalized spacial score (nSPS) is 24.5. The third-order valence-electron chi connectivity index (χ3n) is 8.42. The molecule has 0 amide bonds. The van der Waals surface area contributed by atoms with Crippen molar-refractivity contribution < 1.29 is 17.9 Å². The van der Waals surface area contributed by atoms with Gasteiger partial charge < -0.3 is 19.3 Å². The summed E-state index contributed by atoms with van der Waals surface area (Å²) in [5.74, 6) is 1.76. The number of aliphatic imine (C=N–C) groups is 2. The lowest BCUT2D eigenvalue weighted by molar-refractivity contribution is 0.0672. The van der Waals surface area contributed by atoms with Gasteiger partial charge in [-0.2, -0.15) is 0 Å². The fourth-order valence-corrected chi connectivity index (χ4v) is 7.97. The molecule has 0 aliphatic carbocycles. The van der Waals surface area contributed by atoms with Gasteiger partial charge in [-0.05, 0) is 65.4 Å². The Kier molecular flexibility index (Phi) is 9.29. The number of pyridine rings is 1. The van der Waals surface area contributed by atoms with E-state index in [1.165, 1.54) is 30.4 Å². The monoisotopic (exact) mass is 605 g/mol. The zero-order valence-electron chi connectivity index (χ0n) is 25.0. The summed E-state index contributed by atoms with van der Waals surface area (Å²) in [5.41, 5.74) is 2.19. The van der Waals surface area contributed by atoms with Crippen molar-refractivity contribution in [3.05, 3.63) is 28.3 Å². The van der Waals surface area contributed by atoms with Gasteiger partial charge in [0.15, 0.2) is 5.84 Å². The number of aromatic nitrogens is 1. The molecule has 1 aromatic rings. The second kappa shape index (κ2) is 12.6. The largest absolute Gasteiger partial charge is 0.480 e. The van der Waals surface area contributed by atoms with Crippen LogP contribution in [0.2, 0.25) is 0 Å². The molecule has 2 atom stereocenters. The minimum atomic E-state index is -3.53. The highest BCUT2D eigenvalue weighted by atomic mass is 32.2. The first-order valence-electron chi connectivity index (χ1n) is 14.4. The minimum absolute atomic E-state index is 0.0432. The van der Waals surface area contributed by atoms with Gasteiger partial charge in [0, 0.05) is 48.4 Å². The lowest BCUT2D eigenvalue weighted by Gasteiger charge is -2.38. The molecule has 1 N–H and O–H groups in total. The van der Waals surface area contributed by atoms with Gasteiger partial charge in [0.2, 0.25) is 15.9 Å². The number of nitrogens with one attached hydrogen (secondary N) is 1. The fourth-order valence-electron chi connectivity index (χ4n) is 5.86. The van der Waals surface area contributed by atoms with E-state index in [1.807, 2.05) is 11.8 Å². The van der Waals surface area contributed by atoms with Crippen molar-refractivity contribution in [3.8, 4) is 5.88 Å². The highest BCUT2D eigenvalue weighted by Gasteiger charge is 2.42. The van der Waals surface area contributed by atoms with Crippen molar-refractivity contribution in [2.75, 3.05) is 71.1 Å². The molecular formula is C28H43N7O4S2. The molecular weight excluding hydrogens is 562 g/mol. The molecule has 226 valence electrons. The minimum Gasteiger partial charge on any atom is -0.480 e. The van der Waals surface area contributed by atoms with Gasteiger partial charge in [-0.15, -0.1) is 11.8 Å². The Bertz CT molecular complexity index is 1320. The van der Waals surface area contributed by atoms with Crippen molar-refractivity contribution in [1.82, 2.24) is 19.7 Å². The number of sulfonamides is 1. The van der Waals surface area contributed by atoms with E-state index in [4.69, 9.17) is 19.5 Å². The van der Waals surface area contributed by atoms with Crippen molar-refractivity contribution in [1.29, 1.82) is 0 Å². The summed E-state index contributed by atoms with van der Waals surface area (Å²) in [7, 11) is 0.179. The van der Waals surface area contributed by atoms with Gasteiger partial charge in [0.25, 0.3) is 0 Å². The Morgan fingerprint density at radius 1 is 1.22 bits per heavy atom. The number of hydrogen-bond acceptors (Lipinski definition) is 11. The molecule has 0 radical (unpaired) electrons. The highest BCUT2D eigenvalue weighted by Crippen LogP contribution is 2.43. The molecule has 4 aliphatic rings. The molecule has 0 bridgehead atoms. The van der Waals surface area contributed by atoms with E-state index in [0.29, 0.717) is 36.7 Å². The van der Waals surface area contributed by atoms with Crippen LogP contribution in [-0.2, 0) is 14.8 Å². The van der Waals surface area contributed by atoms with Crippen LogP contribution in [-0.4, -0.2) is 129 Å². The number of anilines is 1. The number of methoxy groups -OCH3 is 1. The van der Waals surface area contributed by atoms with Gasteiger partial charge in [-0.3, -0.25) is 14.6 Å². The Balaban J connectivity index is 1.41. The first-order chi connectivity index (χ1) is 19.5. The molecule has 2 saturated heterocycles. The lowest BCUT2D eigenvalue weighted by atomic mass is 10.0. The predicted molar refractivity (Wildman–Crippen MR) is 166 cm³/mol. The number of morpholine rings is 1. The summed E-state index contributed by atoms with van der Waals surface area (Å²) in [6.45, 7) is 12.8. The van der Waals surface area contributed by atoms with Gasteiger partial charge >= 0.3 is 0 Å². The summed E-state index contributed by atoms with van der Waals surface area (Å²) in [5, 5.41) is 0.108. The van der Waals surface area contributed by atoms with Crippen molar-refractivity contribution in [2.24, 2.45) is 9.98 Å². The number of piperidine rings is 1. The maximum Gasteiger partial charge on any atom is 0.238 e. The first-order valence-corrected chi connectivity index (χ1v) is 17.1. The Hall–Kier alpha value is -2.19. The maximum atomic E-state index is 12.0. The highest BCUT2D eigenvalue weighted by molar-refractivity contribution is 8.04. The van der Waals surface area contributed by atoms with E-state index in [1.54, 1.807) is 12.3 Å². The number of amidine groups is 2. The van der Waals surface area contributed by atoms with Crippen LogP contribution in [0.1, 0.15) is 39.2 Å². The van der Waals surface area contributed by atoms with E-state index in [-0.39, 0.29) is 22.9 Å². The third-order valence-corrected chi connectivity index (χ3v) is 10.5. The second-order valence-corrected chi connectivity index (χ2v) is 14.5. The zero-order valence-corrected chi connectivity index (χ0v) is 26.6. The van der Waals surface area contributed by atoms with E-state index in [2.05, 4.69) is 52.2 Å². The van der Waals surface area contributed by atoms with Crippen LogP contribution < -0.4 is 9.46 Å². The van der Waals surface area contributed by atoms with Crippen LogP contribution in [0.3, 0.4) is 0 Å². The van der Waals surface area contributed by atoms with Crippen LogP contribution >= 0.6 is 11.8 Å². The van der Waals surface area contributed by atoms with E-state index >= 15 is 0 Å². The molecule has 0 aromatic carbocycles. The van der Waals surface area contributed by atoms with E-state index < -0.39 is 10.0 Å². The van der Waals surface area contributed by atoms with Crippen LogP contribution in [0, 0.1) is 0 Å². The van der Waals surface area contributed by atoms with E-state index in [0.717, 1.165) is 44.8 Å². The summed E-state index contributed by atoms with van der Waals surface area (Å²) >= 11 is 1.90. The molecule has 0 spiro atoms. The number of hydrogen-bond donors (Lipinski definition) is 1. The van der Waals surface area contributed by atoms with Crippen LogP contribution in [0.5, 0.6) is 5.88 Å². The number of likely N-dealkylation sites (tertiary alicyclic amines) is 1. The Morgan fingerprint density at radius 2 is 1.93 bits per heavy atom. The SMILES string of the molecule is COc1ncc(C2=NC3C(C)=C(CN4CCC(N(C)C(C)C)CC4)SC3C(N3CCOCC3)=N2)cc1NS(C)(=O)=O. The van der Waals surface area contributed by atoms with E-state index in [9.17, 15) is 8.42 Å². The summed E-state index contributed by atoms with van der Waals surface area (Å²) < 4.78 is 37.5. The molecule has 5 heterocycles. The molecule has 5 rings (SSSR count). The molecule has 13 heteroatoms. The third kappa shape index (κ3) is 6.90. The number of fused-ring (bicyclic) bond motifs is 1. The number of rotatable bonds is 8. The Labute approximate surface area is 248 Å². The van der Waals surface area contributed by atoms with Crippen molar-refractivity contribution >= 4 is 39.1 Å². The zero-order chi connectivity index (χ0) is 29.3. The summed E-state index contributed by atoms with van der Waals surface area (Å²) in [6, 6.07) is 2.87. The molecule has 1 aromatic heterocycles. The Morgan fingerprint density at radius 3 is 2.56 bits per heavy atom. The predicted octanol–water partition coefficient (Wildman–Crippen LogP) is 2.52. The van der Waals surface area contributed by atoms with Crippen LogP contribution in [0.15, 0.2) is 32.7 Å². The van der Waals surface area contributed by atoms with Gasteiger partial charge in [0.05, 0.1) is 37.9 Å². The lowest BCUT2D eigenvalue weighted by Crippen LogP contribution is -2.49. The van der Waals surface area contributed by atoms with Crippen molar-refractivity contribution in [3.63, 3.8) is 0 Å². The second-order valence-electron chi connectivity index (χ2n) is 11.5. The standard InChI is InChI=1S/C28H43N7O4S2/c1-18(2)33(4)21-7-9-34(10-8-21)17-23-19(3)24-25(40-23)27(35-11-13-39-14-12-35)31-26(30-24)20-15-22(32-41(6,36)37)28(38-5)29-16-20/h15-16,18,21,24-25,32H,7-14,17H2,1-6H3. The molecule has 2 unspecified atom stereocenters. The fraction of sp³-hybridized carbons (Fsp3) is 0.679. The van der Waals surface area contributed by atoms with Gasteiger partial charge in [-0.1, -0.05) is 0 Å². The smallest absolute Gasteiger partial charge is 0.238 e. The number of nitrogens with zero attached hydrogens (tertiary/aromatic N) is 6. The summed E-state index contributed by atoms with van der Waals surface area (Å²) in [6.07, 6.45) is 5.13. The van der Waals surface area contributed by atoms with Gasteiger partial charge in [-0.25, -0.2) is 18.4 Å². The molecule has 11 nitrogen and oxygen atoms in total. The van der Waals surface area contributed by atoms with Crippen LogP contribution in [0.25, 0.3) is 0 Å². The molecule has 41 heavy (non-hydrogen) atoms. The maximum absolute atomic E-state index is 12.0. The first kappa shape index (κ1) is 30.3. The summed E-state index contributed by atoms with van der Waals surface area (Å²) in [4.78, 5) is 23.4. The molecule has 0 saturated carbocycles. The van der Waals surface area contributed by atoms with Crippen molar-refractivity contribution in [2.45, 2.75) is 57.0 Å². The topological polar surface area (TPSA) is 112 Å². The number of ether oxygens (including phenoxy) is 2. The average Bonchev–Trinajstić information content (AvgIpc) is 3.26. The molecule has 4 aliphatic heterocycles. The quantitative estimate of drug-likeness (QED) is 0.478. The molecule has 2 fully saturated rings.